The Hall–Kier alpha value is -1.35. The molecule has 64 valence electrons. The van der Waals surface area contributed by atoms with Crippen LogP contribution in [0.3, 0.4) is 0 Å². The van der Waals surface area contributed by atoms with Crippen LogP contribution < -0.4 is 5.73 Å². The van der Waals surface area contributed by atoms with E-state index in [1.165, 1.54) is 0 Å². The van der Waals surface area contributed by atoms with Gasteiger partial charge >= 0.3 is 0 Å². The van der Waals surface area contributed by atoms with Crippen molar-refractivity contribution in [3.8, 4) is 0 Å². The van der Waals surface area contributed by atoms with Gasteiger partial charge in [-0.15, -0.1) is 0 Å². The summed E-state index contributed by atoms with van der Waals surface area (Å²) >= 11 is 0. The van der Waals surface area contributed by atoms with Crippen LogP contribution in [0, 0.1) is 0 Å². The summed E-state index contributed by atoms with van der Waals surface area (Å²) in [4.78, 5) is 10.7. The summed E-state index contributed by atoms with van der Waals surface area (Å²) in [5.41, 5.74) is 6.62. The van der Waals surface area contributed by atoms with Crippen molar-refractivity contribution in [1.29, 1.82) is 0 Å². The number of primary amides is 1. The lowest BCUT2D eigenvalue weighted by atomic mass is 10.1. The highest BCUT2D eigenvalue weighted by molar-refractivity contribution is 5.92. The van der Waals surface area contributed by atoms with Gasteiger partial charge in [0.25, 0.3) is 0 Å². The quantitative estimate of drug-likeness (QED) is 0.724. The maximum Gasteiger partial charge on any atom is 0.248 e. The van der Waals surface area contributed by atoms with E-state index in [4.69, 9.17) is 10.5 Å². The maximum atomic E-state index is 10.7. The second-order valence-electron chi connectivity index (χ2n) is 2.49. The van der Waals surface area contributed by atoms with E-state index in [0.29, 0.717) is 12.2 Å². The Bertz CT molecular complexity index is 266. The van der Waals surface area contributed by atoms with Crippen molar-refractivity contribution in [2.75, 3.05) is 7.11 Å². The van der Waals surface area contributed by atoms with Crippen LogP contribution in [0.5, 0.6) is 0 Å². The molecular formula is C9H11NO2. The molecular weight excluding hydrogens is 154 g/mol. The summed E-state index contributed by atoms with van der Waals surface area (Å²) in [6, 6.07) is 7.03. The number of hydrogen-bond donors (Lipinski definition) is 1. The van der Waals surface area contributed by atoms with Crippen molar-refractivity contribution < 1.29 is 9.53 Å². The molecule has 0 spiro atoms. The average molecular weight is 165 g/mol. The van der Waals surface area contributed by atoms with Gasteiger partial charge < -0.3 is 10.5 Å². The molecule has 0 aromatic heterocycles. The standard InChI is InChI=1S/C9H11NO2/c1-12-6-7-2-4-8(5-3-7)9(10)11/h2-5H,6H2,1H3,(H2,10,11). The number of carbonyl (C=O) groups excluding carboxylic acids is 1. The zero-order valence-electron chi connectivity index (χ0n) is 6.91. The Labute approximate surface area is 71.1 Å². The second-order valence-corrected chi connectivity index (χ2v) is 2.49. The number of rotatable bonds is 3. The molecule has 3 heteroatoms. The molecule has 12 heavy (non-hydrogen) atoms. The van der Waals surface area contributed by atoms with Crippen LogP contribution >= 0.6 is 0 Å². The molecule has 0 atom stereocenters. The lowest BCUT2D eigenvalue weighted by Gasteiger charge is -1.99. The predicted molar refractivity (Wildman–Crippen MR) is 45.7 cm³/mol. The predicted octanol–water partition coefficient (Wildman–Crippen LogP) is 0.932. The summed E-state index contributed by atoms with van der Waals surface area (Å²) in [5.74, 6) is -0.404. The largest absolute Gasteiger partial charge is 0.380 e. The van der Waals surface area contributed by atoms with E-state index in [-0.39, 0.29) is 0 Å². The van der Waals surface area contributed by atoms with Crippen LogP contribution in [0.15, 0.2) is 24.3 Å². The molecule has 0 bridgehead atoms. The monoisotopic (exact) mass is 165 g/mol. The van der Waals surface area contributed by atoms with E-state index in [2.05, 4.69) is 0 Å². The molecule has 0 radical (unpaired) electrons. The minimum absolute atomic E-state index is 0.404. The van der Waals surface area contributed by atoms with E-state index >= 15 is 0 Å². The van der Waals surface area contributed by atoms with Crippen molar-refractivity contribution in [3.63, 3.8) is 0 Å². The minimum atomic E-state index is -0.404. The lowest BCUT2D eigenvalue weighted by Crippen LogP contribution is -2.10. The van der Waals surface area contributed by atoms with Gasteiger partial charge in [-0.1, -0.05) is 12.1 Å². The van der Waals surface area contributed by atoms with Crippen molar-refractivity contribution in [2.24, 2.45) is 5.73 Å². The molecule has 0 aliphatic heterocycles. The van der Waals surface area contributed by atoms with Crippen LogP contribution in [-0.4, -0.2) is 13.0 Å². The van der Waals surface area contributed by atoms with Gasteiger partial charge in [-0.25, -0.2) is 0 Å². The number of methoxy groups -OCH3 is 1. The van der Waals surface area contributed by atoms with Gasteiger partial charge in [0, 0.05) is 12.7 Å². The first-order valence-electron chi connectivity index (χ1n) is 3.61. The van der Waals surface area contributed by atoms with Crippen molar-refractivity contribution in [1.82, 2.24) is 0 Å². The molecule has 1 amide bonds. The molecule has 3 nitrogen and oxygen atoms in total. The number of benzene rings is 1. The molecule has 0 aliphatic rings. The number of amides is 1. The molecule has 0 unspecified atom stereocenters. The molecule has 0 heterocycles. The molecule has 1 rings (SSSR count). The molecule has 2 N–H and O–H groups in total. The Morgan fingerprint density at radius 3 is 2.42 bits per heavy atom. The van der Waals surface area contributed by atoms with Crippen molar-refractivity contribution in [2.45, 2.75) is 6.61 Å². The third-order valence-electron chi connectivity index (χ3n) is 1.55. The topological polar surface area (TPSA) is 52.3 Å². The van der Waals surface area contributed by atoms with Gasteiger partial charge in [0.05, 0.1) is 6.61 Å². The van der Waals surface area contributed by atoms with Gasteiger partial charge in [-0.2, -0.15) is 0 Å². The zero-order valence-corrected chi connectivity index (χ0v) is 6.91. The van der Waals surface area contributed by atoms with E-state index in [0.717, 1.165) is 5.56 Å². The number of nitrogens with two attached hydrogens (primary N) is 1. The van der Waals surface area contributed by atoms with Gasteiger partial charge in [0.1, 0.15) is 0 Å². The normalized spacial score (nSPS) is 9.75. The Kier molecular flexibility index (Phi) is 2.82. The molecule has 0 aliphatic carbocycles. The van der Waals surface area contributed by atoms with Gasteiger partial charge in [0.2, 0.25) is 5.91 Å². The molecule has 1 aromatic rings. The minimum Gasteiger partial charge on any atom is -0.380 e. The summed E-state index contributed by atoms with van der Waals surface area (Å²) in [6.07, 6.45) is 0. The summed E-state index contributed by atoms with van der Waals surface area (Å²) in [7, 11) is 1.63. The Balaban J connectivity index is 2.78. The number of carbonyl (C=O) groups is 1. The maximum absolute atomic E-state index is 10.7. The Morgan fingerprint density at radius 1 is 1.42 bits per heavy atom. The molecule has 1 aromatic carbocycles. The first-order chi connectivity index (χ1) is 5.74. The first-order valence-corrected chi connectivity index (χ1v) is 3.61. The van der Waals surface area contributed by atoms with Gasteiger partial charge in [-0.3, -0.25) is 4.79 Å². The van der Waals surface area contributed by atoms with Gasteiger partial charge in [-0.05, 0) is 17.7 Å². The molecule has 0 saturated heterocycles. The summed E-state index contributed by atoms with van der Waals surface area (Å²) < 4.78 is 4.91. The summed E-state index contributed by atoms with van der Waals surface area (Å²) in [6.45, 7) is 0.555. The van der Waals surface area contributed by atoms with Crippen LogP contribution in [0.25, 0.3) is 0 Å². The van der Waals surface area contributed by atoms with Crippen LogP contribution in [0.1, 0.15) is 15.9 Å². The number of ether oxygens (including phenoxy) is 1. The highest BCUT2D eigenvalue weighted by Crippen LogP contribution is 2.04. The number of hydrogen-bond acceptors (Lipinski definition) is 2. The fourth-order valence-electron chi connectivity index (χ4n) is 0.932. The van der Waals surface area contributed by atoms with E-state index in [1.54, 1.807) is 19.2 Å². The van der Waals surface area contributed by atoms with Crippen LogP contribution in [-0.2, 0) is 11.3 Å². The van der Waals surface area contributed by atoms with Crippen LogP contribution in [0.2, 0.25) is 0 Å². The second kappa shape index (κ2) is 3.88. The fourth-order valence-corrected chi connectivity index (χ4v) is 0.932. The van der Waals surface area contributed by atoms with Crippen molar-refractivity contribution in [3.05, 3.63) is 35.4 Å². The fraction of sp³-hybridized carbons (Fsp3) is 0.222. The van der Waals surface area contributed by atoms with E-state index in [9.17, 15) is 4.79 Å². The smallest absolute Gasteiger partial charge is 0.248 e. The van der Waals surface area contributed by atoms with E-state index < -0.39 is 5.91 Å². The van der Waals surface area contributed by atoms with Crippen LogP contribution in [0.4, 0.5) is 0 Å². The highest BCUT2D eigenvalue weighted by Gasteiger charge is 1.98. The average Bonchev–Trinajstić information content (AvgIpc) is 2.06. The first kappa shape index (κ1) is 8.74. The Morgan fingerprint density at radius 2 is 2.00 bits per heavy atom. The summed E-state index contributed by atoms with van der Waals surface area (Å²) in [5, 5.41) is 0. The third kappa shape index (κ3) is 2.07. The lowest BCUT2D eigenvalue weighted by molar-refractivity contribution is 0.1000. The van der Waals surface area contributed by atoms with E-state index in [1.807, 2.05) is 12.1 Å². The van der Waals surface area contributed by atoms with Crippen molar-refractivity contribution >= 4 is 5.91 Å². The molecule has 0 fully saturated rings. The SMILES string of the molecule is COCc1ccc(C(N)=O)cc1. The zero-order chi connectivity index (χ0) is 8.97. The van der Waals surface area contributed by atoms with Gasteiger partial charge in [0.15, 0.2) is 0 Å². The third-order valence-corrected chi connectivity index (χ3v) is 1.55. The molecule has 0 saturated carbocycles. The highest BCUT2D eigenvalue weighted by atomic mass is 16.5.